The first-order valence-corrected chi connectivity index (χ1v) is 15.1. The normalized spacial score (nSPS) is 19.6. The van der Waals surface area contributed by atoms with E-state index in [0.717, 1.165) is 35.3 Å². The lowest BCUT2D eigenvalue weighted by Crippen LogP contribution is -2.27. The number of nitrogen functional groups attached to an aromatic ring is 2. The number of benzene rings is 2. The highest BCUT2D eigenvalue weighted by Gasteiger charge is 2.27. The summed E-state index contributed by atoms with van der Waals surface area (Å²) < 4.78 is 0. The number of aliphatic imine (C=N–C) groups is 2. The predicted octanol–water partition coefficient (Wildman–Crippen LogP) is 8.89. The third-order valence-electron chi connectivity index (χ3n) is 8.28. The molecular weight excluding hydrogens is 488 g/mol. The molecule has 220 valence electrons. The lowest BCUT2D eigenvalue weighted by molar-refractivity contribution is 0.390. The largest absolute Gasteiger partial charge is 0.398 e. The van der Waals surface area contributed by atoms with Gasteiger partial charge in [0.15, 0.2) is 0 Å². The highest BCUT2D eigenvalue weighted by Crippen LogP contribution is 2.37. The van der Waals surface area contributed by atoms with E-state index in [0.29, 0.717) is 0 Å². The lowest BCUT2D eigenvalue weighted by atomic mass is 9.78. The van der Waals surface area contributed by atoms with Gasteiger partial charge in [0.1, 0.15) is 0 Å². The van der Waals surface area contributed by atoms with Gasteiger partial charge in [-0.15, -0.1) is 0 Å². The molecule has 0 unspecified atom stereocenters. The first-order chi connectivity index (χ1) is 18.2. The fourth-order valence-electron chi connectivity index (χ4n) is 5.46. The molecule has 1 aliphatic carbocycles. The van der Waals surface area contributed by atoms with Crippen molar-refractivity contribution < 1.29 is 0 Å². The van der Waals surface area contributed by atoms with Gasteiger partial charge in [0.2, 0.25) is 0 Å². The van der Waals surface area contributed by atoms with Crippen molar-refractivity contribution in [2.45, 2.75) is 143 Å². The number of hydrogen-bond donors (Lipinski definition) is 2. The summed E-state index contributed by atoms with van der Waals surface area (Å²) in [6.07, 6.45) is 8.46. The van der Waals surface area contributed by atoms with Crippen LogP contribution in [0.15, 0.2) is 34.3 Å². The lowest BCUT2D eigenvalue weighted by Gasteiger charge is -2.29. The standard InChI is InChI=1S/C36H56N4/c1-33(2,3)25-17-23(31(37)27(19-25)35(7,8)9)21-39-29-15-13-14-16-30(29)40-22-24-18-26(34(4,5)6)20-28(32(24)38)36(10,11)12/h17-22,29-30H,13-16,37-38H2,1-12H3/t29-,30-/m0/s1. The van der Waals surface area contributed by atoms with Crippen molar-refractivity contribution in [3.8, 4) is 0 Å². The first kappa shape index (κ1) is 31.9. The highest BCUT2D eigenvalue weighted by molar-refractivity contribution is 5.90. The molecule has 4 heteroatoms. The Bertz CT molecular complexity index is 1150. The van der Waals surface area contributed by atoms with Gasteiger partial charge < -0.3 is 11.5 Å². The van der Waals surface area contributed by atoms with Gasteiger partial charge in [-0.1, -0.05) is 108 Å². The van der Waals surface area contributed by atoms with Crippen LogP contribution in [-0.2, 0) is 21.7 Å². The Morgan fingerprint density at radius 3 is 1.15 bits per heavy atom. The molecule has 0 aliphatic heterocycles. The Labute approximate surface area is 245 Å². The molecule has 2 atom stereocenters. The first-order valence-electron chi connectivity index (χ1n) is 15.1. The summed E-state index contributed by atoms with van der Waals surface area (Å²) in [6.45, 7) is 26.9. The summed E-state index contributed by atoms with van der Waals surface area (Å²) in [5.41, 5.74) is 22.1. The average molecular weight is 545 g/mol. The smallest absolute Gasteiger partial charge is 0.0723 e. The monoisotopic (exact) mass is 544 g/mol. The van der Waals surface area contributed by atoms with E-state index in [1.165, 1.54) is 35.1 Å². The van der Waals surface area contributed by atoms with E-state index in [4.69, 9.17) is 21.5 Å². The van der Waals surface area contributed by atoms with Crippen molar-refractivity contribution in [2.75, 3.05) is 11.5 Å². The molecule has 2 aromatic rings. The number of rotatable bonds is 4. The van der Waals surface area contributed by atoms with Gasteiger partial charge in [-0.05, 0) is 68.9 Å². The zero-order valence-electron chi connectivity index (χ0n) is 27.5. The molecule has 1 aliphatic rings. The molecule has 3 rings (SSSR count). The van der Waals surface area contributed by atoms with Gasteiger partial charge in [0.05, 0.1) is 12.1 Å². The topological polar surface area (TPSA) is 76.8 Å². The summed E-state index contributed by atoms with van der Waals surface area (Å²) in [5.74, 6) is 0. The molecule has 40 heavy (non-hydrogen) atoms. The molecule has 0 radical (unpaired) electrons. The van der Waals surface area contributed by atoms with E-state index in [-0.39, 0.29) is 33.7 Å². The van der Waals surface area contributed by atoms with Crippen LogP contribution in [-0.4, -0.2) is 24.5 Å². The minimum atomic E-state index is -0.0426. The molecule has 0 aromatic heterocycles. The SMILES string of the molecule is CC(C)(C)c1cc(C=N[C@H]2CCCC[C@@H]2N=Cc2cc(C(C)(C)C)cc(C(C)(C)C)c2N)c(N)c(C(C)(C)C)c1. The Morgan fingerprint density at radius 2 is 0.875 bits per heavy atom. The van der Waals surface area contributed by atoms with Crippen LogP contribution in [0.25, 0.3) is 0 Å². The highest BCUT2D eigenvalue weighted by atomic mass is 14.9. The summed E-state index contributed by atoms with van der Waals surface area (Å²) in [5, 5.41) is 0. The van der Waals surface area contributed by atoms with E-state index in [2.05, 4.69) is 107 Å². The predicted molar refractivity (Wildman–Crippen MR) is 178 cm³/mol. The molecule has 0 bridgehead atoms. The number of nitrogens with two attached hydrogens (primary N) is 2. The maximum atomic E-state index is 6.75. The summed E-state index contributed by atoms with van der Waals surface area (Å²) in [4.78, 5) is 10.3. The molecular formula is C36H56N4. The van der Waals surface area contributed by atoms with E-state index in [1.54, 1.807) is 0 Å². The van der Waals surface area contributed by atoms with E-state index >= 15 is 0 Å². The Hall–Kier alpha value is -2.62. The van der Waals surface area contributed by atoms with Crippen molar-refractivity contribution >= 4 is 23.8 Å². The zero-order valence-corrected chi connectivity index (χ0v) is 27.5. The molecule has 0 heterocycles. The maximum Gasteiger partial charge on any atom is 0.0723 e. The molecule has 0 saturated heterocycles. The van der Waals surface area contributed by atoms with Gasteiger partial charge in [-0.25, -0.2) is 0 Å². The molecule has 0 amide bonds. The zero-order chi connectivity index (χ0) is 30.3. The van der Waals surface area contributed by atoms with Crippen molar-refractivity contribution in [2.24, 2.45) is 9.98 Å². The van der Waals surface area contributed by atoms with Crippen LogP contribution in [0.2, 0.25) is 0 Å². The molecule has 0 spiro atoms. The average Bonchev–Trinajstić information content (AvgIpc) is 2.80. The van der Waals surface area contributed by atoms with Crippen LogP contribution in [0.3, 0.4) is 0 Å². The van der Waals surface area contributed by atoms with Crippen LogP contribution in [0, 0.1) is 0 Å². The van der Waals surface area contributed by atoms with E-state index in [9.17, 15) is 0 Å². The number of nitrogens with zero attached hydrogens (tertiary/aromatic N) is 2. The number of hydrogen-bond acceptors (Lipinski definition) is 4. The fourth-order valence-corrected chi connectivity index (χ4v) is 5.46. The van der Waals surface area contributed by atoms with Crippen molar-refractivity contribution in [3.05, 3.63) is 57.6 Å². The Balaban J connectivity index is 2.00. The molecule has 4 N–H and O–H groups in total. The van der Waals surface area contributed by atoms with Crippen molar-refractivity contribution in [1.82, 2.24) is 0 Å². The van der Waals surface area contributed by atoms with E-state index < -0.39 is 0 Å². The van der Waals surface area contributed by atoms with Crippen molar-refractivity contribution in [1.29, 1.82) is 0 Å². The number of anilines is 2. The van der Waals surface area contributed by atoms with E-state index in [1.807, 2.05) is 12.4 Å². The Morgan fingerprint density at radius 1 is 0.550 bits per heavy atom. The van der Waals surface area contributed by atoms with Crippen LogP contribution in [0.4, 0.5) is 11.4 Å². The minimum absolute atomic E-state index is 0.0292. The van der Waals surface area contributed by atoms with Gasteiger partial charge in [-0.2, -0.15) is 0 Å². The second-order valence-corrected chi connectivity index (χ2v) is 16.0. The maximum absolute atomic E-state index is 6.75. The molecule has 2 aromatic carbocycles. The second-order valence-electron chi connectivity index (χ2n) is 16.0. The quantitative estimate of drug-likeness (QED) is 0.298. The summed E-state index contributed by atoms with van der Waals surface area (Å²) in [6, 6.07) is 9.28. The van der Waals surface area contributed by atoms with Crippen LogP contribution in [0.5, 0.6) is 0 Å². The fraction of sp³-hybridized carbons (Fsp3) is 0.611. The summed E-state index contributed by atoms with van der Waals surface area (Å²) in [7, 11) is 0. The van der Waals surface area contributed by atoms with Gasteiger partial charge in [0.25, 0.3) is 0 Å². The van der Waals surface area contributed by atoms with Crippen molar-refractivity contribution in [3.63, 3.8) is 0 Å². The van der Waals surface area contributed by atoms with Gasteiger partial charge >= 0.3 is 0 Å². The van der Waals surface area contributed by atoms with Gasteiger partial charge in [-0.3, -0.25) is 9.98 Å². The van der Waals surface area contributed by atoms with Crippen LogP contribution < -0.4 is 11.5 Å². The van der Waals surface area contributed by atoms with Crippen LogP contribution in [0.1, 0.15) is 142 Å². The van der Waals surface area contributed by atoms with Crippen LogP contribution >= 0.6 is 0 Å². The summed E-state index contributed by atoms with van der Waals surface area (Å²) >= 11 is 0. The Kier molecular flexibility index (Phi) is 9.04. The minimum Gasteiger partial charge on any atom is -0.398 e. The second kappa shape index (κ2) is 11.3. The third kappa shape index (κ3) is 7.56. The molecule has 4 nitrogen and oxygen atoms in total. The molecule has 1 fully saturated rings. The van der Waals surface area contributed by atoms with Gasteiger partial charge in [0, 0.05) is 34.9 Å². The third-order valence-corrected chi connectivity index (χ3v) is 8.28. The molecule has 1 saturated carbocycles.